The van der Waals surface area contributed by atoms with Gasteiger partial charge < -0.3 is 21.5 Å². The highest BCUT2D eigenvalue weighted by molar-refractivity contribution is 7.13. The van der Waals surface area contributed by atoms with E-state index in [9.17, 15) is 0 Å². The van der Waals surface area contributed by atoms with Gasteiger partial charge in [0.1, 0.15) is 0 Å². The number of anilines is 1. The number of fused-ring (bicyclic) bond motifs is 3. The van der Waals surface area contributed by atoms with Crippen molar-refractivity contribution in [1.29, 1.82) is 0 Å². The van der Waals surface area contributed by atoms with Gasteiger partial charge in [-0.1, -0.05) is 0 Å². The Morgan fingerprint density at radius 1 is 1.55 bits per heavy atom. The Kier molecular flexibility index (Phi) is 5.34. The van der Waals surface area contributed by atoms with Crippen LogP contribution >= 0.6 is 23.7 Å². The van der Waals surface area contributed by atoms with E-state index in [4.69, 9.17) is 16.2 Å². The van der Waals surface area contributed by atoms with Crippen LogP contribution in [0.25, 0.3) is 0 Å². The van der Waals surface area contributed by atoms with E-state index < -0.39 is 5.66 Å². The van der Waals surface area contributed by atoms with Crippen molar-refractivity contribution in [2.75, 3.05) is 26.0 Å². The first-order chi connectivity index (χ1) is 10.1. The predicted octanol–water partition coefficient (Wildman–Crippen LogP) is 1.13. The Bertz CT molecular complexity index is 576. The van der Waals surface area contributed by atoms with Gasteiger partial charge >= 0.3 is 0 Å². The van der Waals surface area contributed by atoms with Crippen molar-refractivity contribution in [3.63, 3.8) is 0 Å². The van der Waals surface area contributed by atoms with E-state index in [0.717, 1.165) is 31.4 Å². The molecule has 6 N–H and O–H groups in total. The summed E-state index contributed by atoms with van der Waals surface area (Å²) in [7, 11) is 3.70. The monoisotopic (exact) mass is 345 g/mol. The summed E-state index contributed by atoms with van der Waals surface area (Å²) in [5.74, 6) is 0.449. The van der Waals surface area contributed by atoms with Crippen LogP contribution in [-0.2, 0) is 23.2 Å². The average molecular weight is 346 g/mol. The number of hydrogen-bond acceptors (Lipinski definition) is 7. The lowest BCUT2D eigenvalue weighted by molar-refractivity contribution is 0.0918. The van der Waals surface area contributed by atoms with Crippen molar-refractivity contribution in [1.82, 2.24) is 5.32 Å². The second-order valence-corrected chi connectivity index (χ2v) is 6.68. The molecule has 8 heteroatoms. The number of thiophene rings is 1. The number of aryl methyl sites for hydroxylation is 1. The molecule has 1 aliphatic heterocycles. The zero-order valence-electron chi connectivity index (χ0n) is 12.9. The normalized spacial score (nSPS) is 26.3. The molecule has 0 amide bonds. The molecule has 3 rings (SSSR count). The molecule has 1 aromatic heterocycles. The highest BCUT2D eigenvalue weighted by Gasteiger charge is 2.40. The maximum atomic E-state index is 6.02. The van der Waals surface area contributed by atoms with Gasteiger partial charge in [-0.25, -0.2) is 4.99 Å². The van der Waals surface area contributed by atoms with Gasteiger partial charge in [0.2, 0.25) is 0 Å². The molecule has 1 aliphatic carbocycles. The molecule has 1 aromatic rings. The zero-order chi connectivity index (χ0) is 15.0. The largest absolute Gasteiger partial charge is 0.381 e. The molecule has 0 spiro atoms. The fourth-order valence-corrected chi connectivity index (χ4v) is 4.73. The molecular weight excluding hydrogens is 322 g/mol. The molecule has 0 saturated heterocycles. The van der Waals surface area contributed by atoms with Crippen LogP contribution in [0.2, 0.25) is 0 Å². The Balaban J connectivity index is 0.00000176. The fraction of sp³-hybridized carbons (Fsp3) is 0.643. The summed E-state index contributed by atoms with van der Waals surface area (Å²) in [4.78, 5) is 7.24. The van der Waals surface area contributed by atoms with Crippen LogP contribution in [0.3, 0.4) is 0 Å². The summed E-state index contributed by atoms with van der Waals surface area (Å²) in [6, 6.07) is 0. The number of rotatable bonds is 4. The lowest BCUT2D eigenvalue weighted by Crippen LogP contribution is -2.45. The zero-order valence-corrected chi connectivity index (χ0v) is 14.6. The van der Waals surface area contributed by atoms with E-state index in [1.807, 2.05) is 18.4 Å². The molecule has 124 valence electrons. The molecule has 6 nitrogen and oxygen atoms in total. The van der Waals surface area contributed by atoms with E-state index in [1.54, 1.807) is 7.11 Å². The lowest BCUT2D eigenvalue weighted by Gasteiger charge is -2.33. The predicted molar refractivity (Wildman–Crippen MR) is 94.0 cm³/mol. The van der Waals surface area contributed by atoms with Crippen LogP contribution in [0, 0.1) is 0 Å². The minimum absolute atomic E-state index is 0. The van der Waals surface area contributed by atoms with E-state index in [0.29, 0.717) is 12.5 Å². The highest BCUT2D eigenvalue weighted by Crippen LogP contribution is 2.46. The number of aliphatic imine (C=N–C) groups is 1. The van der Waals surface area contributed by atoms with Crippen LogP contribution in [0.4, 0.5) is 5.69 Å². The Labute approximate surface area is 141 Å². The summed E-state index contributed by atoms with van der Waals surface area (Å²) in [6.45, 7) is 0.556. The van der Waals surface area contributed by atoms with Crippen molar-refractivity contribution in [3.05, 3.63) is 15.3 Å². The van der Waals surface area contributed by atoms with Gasteiger partial charge in [-0.05, 0) is 32.0 Å². The van der Waals surface area contributed by atoms with Gasteiger partial charge in [0, 0.05) is 24.8 Å². The van der Waals surface area contributed by atoms with Crippen LogP contribution in [0.15, 0.2) is 4.99 Å². The molecule has 0 saturated carbocycles. The quantitative estimate of drug-likeness (QED) is 0.656. The Morgan fingerprint density at radius 2 is 2.32 bits per heavy atom. The molecule has 2 unspecified atom stereocenters. The van der Waals surface area contributed by atoms with Crippen molar-refractivity contribution >= 4 is 35.4 Å². The summed E-state index contributed by atoms with van der Waals surface area (Å²) in [5.41, 5.74) is 13.8. The van der Waals surface area contributed by atoms with Crippen molar-refractivity contribution < 1.29 is 4.74 Å². The van der Waals surface area contributed by atoms with Gasteiger partial charge in [0.15, 0.2) is 11.6 Å². The fourth-order valence-electron chi connectivity index (χ4n) is 3.26. The molecule has 0 bridgehead atoms. The molecule has 0 fully saturated rings. The smallest absolute Gasteiger partial charge is 0.195 e. The van der Waals surface area contributed by atoms with Crippen LogP contribution in [-0.4, -0.2) is 32.8 Å². The average Bonchev–Trinajstić information content (AvgIpc) is 2.85. The number of hydrogen-bond donors (Lipinski definition) is 4. The Hall–Kier alpha value is -0.860. The standard InChI is InChI=1S/C14H23N5OS.ClH/c1-17-14(5-6-15)12-11(18-13(16)19-14)9-7-8(20-2)3-4-10(9)21-12;/h8,17H,3-7,15H2,1-2H3,(H3,16,18,19);1H. The van der Waals surface area contributed by atoms with E-state index in [-0.39, 0.29) is 18.5 Å². The Morgan fingerprint density at radius 3 is 2.95 bits per heavy atom. The highest BCUT2D eigenvalue weighted by atomic mass is 35.5. The van der Waals surface area contributed by atoms with Gasteiger partial charge in [-0.2, -0.15) is 0 Å². The maximum Gasteiger partial charge on any atom is 0.195 e. The minimum atomic E-state index is -0.496. The number of nitrogens with two attached hydrogens (primary N) is 2. The first-order valence-electron chi connectivity index (χ1n) is 7.32. The summed E-state index contributed by atoms with van der Waals surface area (Å²) in [6.07, 6.45) is 4.07. The number of guanidine groups is 1. The summed E-state index contributed by atoms with van der Waals surface area (Å²) < 4.78 is 5.54. The molecule has 2 heterocycles. The number of nitrogens with one attached hydrogen (secondary N) is 2. The molecule has 2 aliphatic rings. The molecule has 0 aromatic carbocycles. The van der Waals surface area contributed by atoms with Crippen LogP contribution in [0.1, 0.15) is 28.2 Å². The second-order valence-electron chi connectivity index (χ2n) is 5.58. The topological polar surface area (TPSA) is 97.7 Å². The summed E-state index contributed by atoms with van der Waals surface area (Å²) in [5, 5.41) is 6.59. The molecule has 2 atom stereocenters. The second kappa shape index (κ2) is 6.72. The number of methoxy groups -OCH3 is 1. The maximum absolute atomic E-state index is 6.02. The third-order valence-corrected chi connectivity index (χ3v) is 5.85. The first kappa shape index (κ1) is 17.5. The molecule has 22 heavy (non-hydrogen) atoms. The minimum Gasteiger partial charge on any atom is -0.381 e. The SMILES string of the molecule is CNC1(CCN)N=C(N)Nc2c1sc1c2CC(OC)CC1.Cl. The number of halogens is 1. The van der Waals surface area contributed by atoms with E-state index in [1.165, 1.54) is 15.3 Å². The van der Waals surface area contributed by atoms with Gasteiger partial charge in [0.25, 0.3) is 0 Å². The van der Waals surface area contributed by atoms with Gasteiger partial charge in [-0.15, -0.1) is 23.7 Å². The van der Waals surface area contributed by atoms with Crippen molar-refractivity contribution in [3.8, 4) is 0 Å². The van der Waals surface area contributed by atoms with E-state index in [2.05, 4.69) is 15.6 Å². The van der Waals surface area contributed by atoms with Crippen molar-refractivity contribution in [2.24, 2.45) is 16.5 Å². The lowest BCUT2D eigenvalue weighted by atomic mass is 9.92. The molecule has 0 radical (unpaired) electrons. The molecular formula is C14H24ClN5OS. The van der Waals surface area contributed by atoms with Gasteiger partial charge in [-0.3, -0.25) is 5.32 Å². The van der Waals surface area contributed by atoms with Crippen molar-refractivity contribution in [2.45, 2.75) is 37.5 Å². The number of nitrogens with zero attached hydrogens (tertiary/aromatic N) is 1. The van der Waals surface area contributed by atoms with E-state index >= 15 is 0 Å². The third kappa shape index (κ3) is 2.72. The number of ether oxygens (including phenoxy) is 1. The van der Waals surface area contributed by atoms with Crippen LogP contribution < -0.4 is 22.1 Å². The van der Waals surface area contributed by atoms with Crippen LogP contribution in [0.5, 0.6) is 0 Å². The first-order valence-corrected chi connectivity index (χ1v) is 8.14. The summed E-state index contributed by atoms with van der Waals surface area (Å²) >= 11 is 1.83. The third-order valence-electron chi connectivity index (χ3n) is 4.41. The van der Waals surface area contributed by atoms with Gasteiger partial charge in [0.05, 0.1) is 16.7 Å².